The van der Waals surface area contributed by atoms with Gasteiger partial charge in [-0.1, -0.05) is 13.0 Å². The summed E-state index contributed by atoms with van der Waals surface area (Å²) in [6.45, 7) is 3.12. The summed E-state index contributed by atoms with van der Waals surface area (Å²) in [7, 11) is 1.55. The lowest BCUT2D eigenvalue weighted by Crippen LogP contribution is -2.40. The Morgan fingerprint density at radius 3 is 2.41 bits per heavy atom. The maximum Gasteiger partial charge on any atom is 0.338 e. The Morgan fingerprint density at radius 1 is 1.00 bits per heavy atom. The van der Waals surface area contributed by atoms with Crippen LogP contribution in [-0.4, -0.2) is 56.1 Å². The van der Waals surface area contributed by atoms with Crippen molar-refractivity contribution in [2.75, 3.05) is 38.7 Å². The molecule has 1 N–H and O–H groups in total. The predicted molar refractivity (Wildman–Crippen MR) is 119 cm³/mol. The van der Waals surface area contributed by atoms with Crippen molar-refractivity contribution in [3.8, 4) is 11.5 Å². The van der Waals surface area contributed by atoms with Crippen LogP contribution in [0.5, 0.6) is 11.5 Å². The average molecular weight is 440 g/mol. The standard InChI is InChI=1S/C24H28N2O6/c1-17-10-12-26(13-11-17)23(28)16-32-24(29)18-6-8-20(9-7-18)31-15-22(27)25-19-4-3-5-21(14-19)30-2/h3-9,14,17H,10-13,15-16H2,1-2H3,(H,25,27). The Hall–Kier alpha value is -3.55. The molecule has 0 spiro atoms. The van der Waals surface area contributed by atoms with Gasteiger partial charge in [0.2, 0.25) is 0 Å². The van der Waals surface area contributed by atoms with Gasteiger partial charge in [0.25, 0.3) is 11.8 Å². The van der Waals surface area contributed by atoms with Gasteiger partial charge in [0.05, 0.1) is 12.7 Å². The van der Waals surface area contributed by atoms with Crippen molar-refractivity contribution < 1.29 is 28.6 Å². The van der Waals surface area contributed by atoms with Crippen LogP contribution in [0.1, 0.15) is 30.1 Å². The molecule has 0 atom stereocenters. The number of methoxy groups -OCH3 is 1. The fourth-order valence-corrected chi connectivity index (χ4v) is 3.29. The first-order chi connectivity index (χ1) is 15.4. The number of rotatable bonds is 8. The number of carbonyl (C=O) groups is 3. The Labute approximate surface area is 187 Å². The van der Waals surface area contributed by atoms with Crippen LogP contribution in [0.25, 0.3) is 0 Å². The first kappa shape index (κ1) is 23.1. The van der Waals surface area contributed by atoms with Crippen molar-refractivity contribution in [3.05, 3.63) is 54.1 Å². The Bertz CT molecular complexity index is 936. The van der Waals surface area contributed by atoms with E-state index in [1.54, 1.807) is 48.4 Å². The molecule has 1 saturated heterocycles. The highest BCUT2D eigenvalue weighted by atomic mass is 16.5. The molecule has 170 valence electrons. The monoisotopic (exact) mass is 440 g/mol. The van der Waals surface area contributed by atoms with Gasteiger partial charge in [-0.2, -0.15) is 0 Å². The van der Waals surface area contributed by atoms with Crippen LogP contribution in [0.15, 0.2) is 48.5 Å². The number of esters is 1. The lowest BCUT2D eigenvalue weighted by atomic mass is 9.99. The molecule has 0 radical (unpaired) electrons. The number of ether oxygens (including phenoxy) is 3. The van der Waals surface area contributed by atoms with Gasteiger partial charge in [-0.25, -0.2) is 4.79 Å². The number of piperidine rings is 1. The quantitative estimate of drug-likeness (QED) is 0.634. The Kier molecular flexibility index (Phi) is 8.08. The first-order valence-electron chi connectivity index (χ1n) is 10.6. The lowest BCUT2D eigenvalue weighted by Gasteiger charge is -2.30. The number of anilines is 1. The van der Waals surface area contributed by atoms with Crippen LogP contribution in [0.3, 0.4) is 0 Å². The van der Waals surface area contributed by atoms with E-state index in [-0.39, 0.29) is 25.0 Å². The summed E-state index contributed by atoms with van der Waals surface area (Å²) in [6.07, 6.45) is 1.94. The largest absolute Gasteiger partial charge is 0.497 e. The van der Waals surface area contributed by atoms with Crippen molar-refractivity contribution in [1.29, 1.82) is 0 Å². The van der Waals surface area contributed by atoms with E-state index in [2.05, 4.69) is 12.2 Å². The van der Waals surface area contributed by atoms with E-state index in [9.17, 15) is 14.4 Å². The van der Waals surface area contributed by atoms with Crippen LogP contribution in [0, 0.1) is 5.92 Å². The number of benzene rings is 2. The third-order valence-corrected chi connectivity index (χ3v) is 5.28. The number of nitrogens with zero attached hydrogens (tertiary/aromatic N) is 1. The van der Waals surface area contributed by atoms with Crippen molar-refractivity contribution in [1.82, 2.24) is 4.90 Å². The van der Waals surface area contributed by atoms with Crippen LogP contribution >= 0.6 is 0 Å². The molecule has 1 fully saturated rings. The fourth-order valence-electron chi connectivity index (χ4n) is 3.29. The molecule has 0 aliphatic carbocycles. The van der Waals surface area contributed by atoms with E-state index in [1.807, 2.05) is 0 Å². The molecule has 32 heavy (non-hydrogen) atoms. The molecule has 2 aromatic carbocycles. The first-order valence-corrected chi connectivity index (χ1v) is 10.6. The number of likely N-dealkylation sites (tertiary alicyclic amines) is 1. The second-order valence-electron chi connectivity index (χ2n) is 7.73. The van der Waals surface area contributed by atoms with Gasteiger partial charge in [-0.05, 0) is 55.2 Å². The third-order valence-electron chi connectivity index (χ3n) is 5.28. The van der Waals surface area contributed by atoms with Crippen molar-refractivity contribution in [3.63, 3.8) is 0 Å². The van der Waals surface area contributed by atoms with E-state index in [0.717, 1.165) is 12.8 Å². The SMILES string of the molecule is COc1cccc(NC(=O)COc2ccc(C(=O)OCC(=O)N3CCC(C)CC3)cc2)c1. The van der Waals surface area contributed by atoms with Gasteiger partial charge >= 0.3 is 5.97 Å². The smallest absolute Gasteiger partial charge is 0.338 e. The summed E-state index contributed by atoms with van der Waals surface area (Å²) in [4.78, 5) is 38.2. The molecule has 2 aromatic rings. The molecular formula is C24H28N2O6. The number of amides is 2. The maximum absolute atomic E-state index is 12.2. The molecular weight excluding hydrogens is 412 g/mol. The van der Waals surface area contributed by atoms with Gasteiger partial charge in [-0.3, -0.25) is 9.59 Å². The van der Waals surface area contributed by atoms with E-state index in [1.165, 1.54) is 12.1 Å². The number of hydrogen-bond donors (Lipinski definition) is 1. The van der Waals surface area contributed by atoms with Gasteiger partial charge in [0.1, 0.15) is 11.5 Å². The zero-order valence-corrected chi connectivity index (χ0v) is 18.3. The number of carbonyl (C=O) groups excluding carboxylic acids is 3. The van der Waals surface area contributed by atoms with E-state index in [4.69, 9.17) is 14.2 Å². The topological polar surface area (TPSA) is 94.2 Å². The van der Waals surface area contributed by atoms with Crippen molar-refractivity contribution >= 4 is 23.5 Å². The second-order valence-corrected chi connectivity index (χ2v) is 7.73. The molecule has 0 saturated carbocycles. The molecule has 1 aliphatic rings. The van der Waals surface area contributed by atoms with Gasteiger partial charge < -0.3 is 24.4 Å². The molecule has 1 aliphatic heterocycles. The minimum absolute atomic E-state index is 0.174. The van der Waals surface area contributed by atoms with Crippen LogP contribution in [0.4, 0.5) is 5.69 Å². The normalized spacial score (nSPS) is 13.9. The van der Waals surface area contributed by atoms with E-state index in [0.29, 0.717) is 41.8 Å². The molecule has 0 bridgehead atoms. The van der Waals surface area contributed by atoms with Gasteiger partial charge in [-0.15, -0.1) is 0 Å². The summed E-state index contributed by atoms with van der Waals surface area (Å²) >= 11 is 0. The number of hydrogen-bond acceptors (Lipinski definition) is 6. The van der Waals surface area contributed by atoms with E-state index >= 15 is 0 Å². The van der Waals surface area contributed by atoms with Crippen molar-refractivity contribution in [2.45, 2.75) is 19.8 Å². The fraction of sp³-hybridized carbons (Fsp3) is 0.375. The molecule has 2 amide bonds. The predicted octanol–water partition coefficient (Wildman–Crippen LogP) is 3.13. The summed E-state index contributed by atoms with van der Waals surface area (Å²) in [5.41, 5.74) is 0.905. The Balaban J connectivity index is 1.42. The molecule has 8 heteroatoms. The zero-order valence-electron chi connectivity index (χ0n) is 18.3. The van der Waals surface area contributed by atoms with Gasteiger partial charge in [0.15, 0.2) is 13.2 Å². The summed E-state index contributed by atoms with van der Waals surface area (Å²) in [5, 5.41) is 2.72. The van der Waals surface area contributed by atoms with E-state index < -0.39 is 5.97 Å². The molecule has 1 heterocycles. The van der Waals surface area contributed by atoms with Crippen LogP contribution in [-0.2, 0) is 14.3 Å². The highest BCUT2D eigenvalue weighted by molar-refractivity contribution is 5.92. The highest BCUT2D eigenvalue weighted by Gasteiger charge is 2.21. The van der Waals surface area contributed by atoms with Crippen molar-refractivity contribution in [2.24, 2.45) is 5.92 Å². The lowest BCUT2D eigenvalue weighted by molar-refractivity contribution is -0.135. The minimum atomic E-state index is -0.578. The number of nitrogens with one attached hydrogen (secondary N) is 1. The second kappa shape index (κ2) is 11.2. The molecule has 0 unspecified atom stereocenters. The summed E-state index contributed by atoms with van der Waals surface area (Å²) in [5.74, 6) is 0.611. The van der Waals surface area contributed by atoms with Crippen LogP contribution < -0.4 is 14.8 Å². The summed E-state index contributed by atoms with van der Waals surface area (Å²) < 4.78 is 15.7. The third kappa shape index (κ3) is 6.73. The maximum atomic E-state index is 12.2. The zero-order chi connectivity index (χ0) is 22.9. The summed E-state index contributed by atoms with van der Waals surface area (Å²) in [6, 6.07) is 13.2. The molecule has 0 aromatic heterocycles. The minimum Gasteiger partial charge on any atom is -0.497 e. The molecule has 3 rings (SSSR count). The molecule has 8 nitrogen and oxygen atoms in total. The average Bonchev–Trinajstić information content (AvgIpc) is 2.82. The highest BCUT2D eigenvalue weighted by Crippen LogP contribution is 2.18. The Morgan fingerprint density at radius 2 is 1.72 bits per heavy atom. The van der Waals surface area contributed by atoms with Crippen LogP contribution in [0.2, 0.25) is 0 Å². The van der Waals surface area contributed by atoms with Gasteiger partial charge in [0, 0.05) is 24.8 Å².